The van der Waals surface area contributed by atoms with Gasteiger partial charge in [0.25, 0.3) is 0 Å². The summed E-state index contributed by atoms with van der Waals surface area (Å²) in [7, 11) is 0. The molecule has 1 atom stereocenters. The van der Waals surface area contributed by atoms with Gasteiger partial charge in [-0.25, -0.2) is 9.18 Å². The molecule has 1 unspecified atom stereocenters. The minimum atomic E-state index is -2.26. The first-order valence-corrected chi connectivity index (χ1v) is 10.5. The molecule has 3 aromatic carbocycles. The lowest BCUT2D eigenvalue weighted by Crippen LogP contribution is -2.14. The Hall–Kier alpha value is -4.38. The molecule has 0 radical (unpaired) electrons. The molecule has 0 aromatic heterocycles. The molecule has 0 saturated carbocycles. The lowest BCUT2D eigenvalue weighted by Gasteiger charge is -2.20. The number of carboxylic acids is 1. The largest absolute Gasteiger partial charge is 0.478 e. The fourth-order valence-corrected chi connectivity index (χ4v) is 4.09. The predicted octanol–water partition coefficient (Wildman–Crippen LogP) is 5.57. The average molecular weight is 437 g/mol. The van der Waals surface area contributed by atoms with E-state index < -0.39 is 11.6 Å². The van der Waals surface area contributed by atoms with Crippen LogP contribution in [0.2, 0.25) is 0 Å². The quantitative estimate of drug-likeness (QED) is 0.547. The van der Waals surface area contributed by atoms with Crippen LogP contribution in [0.5, 0.6) is 0 Å². The molecular weight excluding hydrogens is 417 g/mol. The van der Waals surface area contributed by atoms with Crippen LogP contribution in [0.4, 0.5) is 4.39 Å². The van der Waals surface area contributed by atoms with Crippen LogP contribution in [0, 0.1) is 0 Å². The summed E-state index contributed by atoms with van der Waals surface area (Å²) in [6, 6.07) is 27.3. The number of carbonyl (C=O) groups is 1. The molecule has 0 fully saturated rings. The molecule has 0 amide bonds. The maximum Gasteiger partial charge on any atom is 0.336 e. The third-order valence-electron chi connectivity index (χ3n) is 5.76. The SMILES string of the molecule is NC(=C1C=C(c2ccccc2)C=C(c2ccccc2)O1)C1=C(C(=O)O)C1(F)c1ccccc1. The summed E-state index contributed by atoms with van der Waals surface area (Å²) in [5, 5.41) is 9.68. The van der Waals surface area contributed by atoms with Crippen molar-refractivity contribution in [1.82, 2.24) is 0 Å². The van der Waals surface area contributed by atoms with Gasteiger partial charge in [0.2, 0.25) is 0 Å². The number of ether oxygens (including phenoxy) is 1. The molecule has 0 saturated heterocycles. The van der Waals surface area contributed by atoms with Crippen molar-refractivity contribution in [2.45, 2.75) is 5.67 Å². The molecule has 5 heteroatoms. The maximum atomic E-state index is 16.0. The fourth-order valence-electron chi connectivity index (χ4n) is 4.09. The molecule has 0 spiro atoms. The number of rotatable bonds is 5. The van der Waals surface area contributed by atoms with Crippen molar-refractivity contribution in [2.24, 2.45) is 5.73 Å². The first-order valence-electron chi connectivity index (χ1n) is 10.5. The van der Waals surface area contributed by atoms with E-state index in [0.29, 0.717) is 5.76 Å². The number of hydrogen-bond donors (Lipinski definition) is 2. The van der Waals surface area contributed by atoms with E-state index in [9.17, 15) is 9.90 Å². The summed E-state index contributed by atoms with van der Waals surface area (Å²) in [6.45, 7) is 0. The first kappa shape index (κ1) is 20.5. The first-order chi connectivity index (χ1) is 16.0. The van der Waals surface area contributed by atoms with Crippen LogP contribution in [0.1, 0.15) is 16.7 Å². The molecule has 3 aromatic rings. The van der Waals surface area contributed by atoms with Crippen molar-refractivity contribution < 1.29 is 19.0 Å². The highest BCUT2D eigenvalue weighted by atomic mass is 19.1. The monoisotopic (exact) mass is 437 g/mol. The van der Waals surface area contributed by atoms with Crippen molar-refractivity contribution in [2.75, 3.05) is 0 Å². The van der Waals surface area contributed by atoms with Gasteiger partial charge in [-0.15, -0.1) is 0 Å². The van der Waals surface area contributed by atoms with Crippen LogP contribution >= 0.6 is 0 Å². The maximum absolute atomic E-state index is 16.0. The van der Waals surface area contributed by atoms with E-state index in [-0.39, 0.29) is 28.2 Å². The summed E-state index contributed by atoms with van der Waals surface area (Å²) in [4.78, 5) is 11.9. The normalized spacial score (nSPS) is 21.0. The molecule has 1 heterocycles. The summed E-state index contributed by atoms with van der Waals surface area (Å²) in [5.41, 5.74) is 6.45. The van der Waals surface area contributed by atoms with Crippen LogP contribution in [0.15, 0.2) is 126 Å². The second kappa shape index (κ2) is 7.95. The Labute approximate surface area is 190 Å². The minimum absolute atomic E-state index is 0.0336. The van der Waals surface area contributed by atoms with Crippen molar-refractivity contribution in [3.05, 3.63) is 142 Å². The number of hydrogen-bond acceptors (Lipinski definition) is 3. The van der Waals surface area contributed by atoms with Gasteiger partial charge in [0.15, 0.2) is 11.4 Å². The topological polar surface area (TPSA) is 72.5 Å². The van der Waals surface area contributed by atoms with E-state index in [0.717, 1.165) is 16.7 Å². The zero-order chi connectivity index (χ0) is 23.0. The molecule has 33 heavy (non-hydrogen) atoms. The Morgan fingerprint density at radius 3 is 1.91 bits per heavy atom. The Bertz CT molecular complexity index is 1360. The second-order valence-electron chi connectivity index (χ2n) is 7.80. The second-order valence-corrected chi connectivity index (χ2v) is 7.80. The summed E-state index contributed by atoms with van der Waals surface area (Å²) < 4.78 is 22.1. The zero-order valence-electron chi connectivity index (χ0n) is 17.5. The molecular formula is C28H20FNO3. The molecule has 0 bridgehead atoms. The van der Waals surface area contributed by atoms with Gasteiger partial charge < -0.3 is 15.6 Å². The molecule has 1 aliphatic heterocycles. The van der Waals surface area contributed by atoms with E-state index in [1.54, 1.807) is 36.4 Å². The van der Waals surface area contributed by atoms with Crippen LogP contribution in [0.25, 0.3) is 11.3 Å². The Balaban J connectivity index is 1.64. The van der Waals surface area contributed by atoms with E-state index in [2.05, 4.69) is 0 Å². The molecule has 2 aliphatic rings. The van der Waals surface area contributed by atoms with Crippen molar-refractivity contribution in [1.29, 1.82) is 0 Å². The highest BCUT2D eigenvalue weighted by molar-refractivity contribution is 6.01. The number of halogens is 1. The smallest absolute Gasteiger partial charge is 0.336 e. The van der Waals surface area contributed by atoms with Gasteiger partial charge in [0.1, 0.15) is 5.76 Å². The summed E-state index contributed by atoms with van der Waals surface area (Å²) in [5.74, 6) is -0.599. The third kappa shape index (κ3) is 3.53. The Morgan fingerprint density at radius 1 is 0.788 bits per heavy atom. The number of carboxylic acid groups (broad SMARTS) is 1. The van der Waals surface area contributed by atoms with Gasteiger partial charge in [-0.3, -0.25) is 0 Å². The molecule has 3 N–H and O–H groups in total. The van der Waals surface area contributed by atoms with Crippen LogP contribution in [-0.2, 0) is 15.2 Å². The van der Waals surface area contributed by atoms with Crippen LogP contribution < -0.4 is 5.73 Å². The highest BCUT2D eigenvalue weighted by Gasteiger charge is 2.61. The zero-order valence-corrected chi connectivity index (χ0v) is 17.5. The van der Waals surface area contributed by atoms with Gasteiger partial charge in [-0.1, -0.05) is 91.0 Å². The summed E-state index contributed by atoms with van der Waals surface area (Å²) >= 11 is 0. The average Bonchev–Trinajstić information content (AvgIpc) is 3.52. The number of nitrogens with two attached hydrogens (primary N) is 1. The van der Waals surface area contributed by atoms with Gasteiger partial charge >= 0.3 is 5.97 Å². The lowest BCUT2D eigenvalue weighted by atomic mass is 9.98. The predicted molar refractivity (Wildman–Crippen MR) is 125 cm³/mol. The lowest BCUT2D eigenvalue weighted by molar-refractivity contribution is -0.132. The molecule has 1 aliphatic carbocycles. The van der Waals surface area contributed by atoms with Gasteiger partial charge in [0.05, 0.1) is 11.3 Å². The Morgan fingerprint density at radius 2 is 1.33 bits per heavy atom. The molecule has 5 rings (SSSR count). The molecule has 4 nitrogen and oxygen atoms in total. The van der Waals surface area contributed by atoms with Gasteiger partial charge in [0, 0.05) is 11.1 Å². The van der Waals surface area contributed by atoms with Crippen LogP contribution in [0.3, 0.4) is 0 Å². The number of alkyl halides is 1. The van der Waals surface area contributed by atoms with Gasteiger partial charge in [-0.05, 0) is 28.9 Å². The summed E-state index contributed by atoms with van der Waals surface area (Å²) in [6.07, 6.45) is 3.61. The number of aliphatic carboxylic acids is 1. The minimum Gasteiger partial charge on any atom is -0.478 e. The van der Waals surface area contributed by atoms with E-state index in [1.165, 1.54) is 0 Å². The fraction of sp³-hybridized carbons (Fsp3) is 0.0357. The molecule has 162 valence electrons. The van der Waals surface area contributed by atoms with E-state index >= 15 is 4.39 Å². The standard InChI is InChI=1S/C28H20FNO3/c29-28(21-14-8-3-9-15-21)24(25(28)27(31)32)26(30)23-17-20(18-10-4-1-5-11-18)16-22(33-23)19-12-6-2-7-13-19/h1-17H,30H2,(H,31,32). The number of benzene rings is 3. The third-order valence-corrected chi connectivity index (χ3v) is 5.76. The van der Waals surface area contributed by atoms with Crippen molar-refractivity contribution in [3.63, 3.8) is 0 Å². The van der Waals surface area contributed by atoms with Crippen molar-refractivity contribution in [3.8, 4) is 0 Å². The van der Waals surface area contributed by atoms with E-state index in [4.69, 9.17) is 10.5 Å². The van der Waals surface area contributed by atoms with Crippen LogP contribution in [-0.4, -0.2) is 11.1 Å². The van der Waals surface area contributed by atoms with Crippen molar-refractivity contribution >= 4 is 17.3 Å². The highest BCUT2D eigenvalue weighted by Crippen LogP contribution is 2.58. The Kier molecular flexibility index (Phi) is 4.94. The number of allylic oxidation sites excluding steroid dienone is 4. The van der Waals surface area contributed by atoms with E-state index in [1.807, 2.05) is 66.7 Å². The van der Waals surface area contributed by atoms with Gasteiger partial charge in [-0.2, -0.15) is 0 Å².